The molecule has 2 heteroatoms. The molecule has 2 nitrogen and oxygen atoms in total. The Hall–Kier alpha value is -1.59. The lowest BCUT2D eigenvalue weighted by molar-refractivity contribution is 0.563. The number of rotatable bonds is 1. The Morgan fingerprint density at radius 3 is 3.19 bits per heavy atom. The smallest absolute Gasteiger partial charge is 0.0432 e. The number of hydrogen-bond acceptors (Lipinski definition) is 2. The number of nitrogens with zero attached hydrogens (tertiary/aromatic N) is 1. The first-order valence-electron chi connectivity index (χ1n) is 5.73. The average Bonchev–Trinajstić information content (AvgIpc) is 2.89. The molecule has 2 unspecified atom stereocenters. The number of nitrogens with one attached hydrogen (secondary N) is 1. The summed E-state index contributed by atoms with van der Waals surface area (Å²) < 4.78 is 0. The molecule has 1 fully saturated rings. The summed E-state index contributed by atoms with van der Waals surface area (Å²) in [5.74, 6) is 3.35. The Kier molecular flexibility index (Phi) is 2.27. The quantitative estimate of drug-likeness (QED) is 0.715. The molecule has 3 rings (SSSR count). The van der Waals surface area contributed by atoms with Crippen LogP contribution in [0, 0.1) is 18.3 Å². The fourth-order valence-electron chi connectivity index (χ4n) is 2.68. The highest BCUT2D eigenvalue weighted by Crippen LogP contribution is 2.35. The summed E-state index contributed by atoms with van der Waals surface area (Å²) in [7, 11) is 0. The van der Waals surface area contributed by atoms with Gasteiger partial charge in [-0.2, -0.15) is 0 Å². The van der Waals surface area contributed by atoms with Crippen LogP contribution in [0.25, 0.3) is 5.57 Å². The number of fused-ring (bicyclic) bond motifs is 1. The van der Waals surface area contributed by atoms with Crippen molar-refractivity contribution in [3.63, 3.8) is 0 Å². The summed E-state index contributed by atoms with van der Waals surface area (Å²) in [6.07, 6.45) is 13.8. The average molecular weight is 210 g/mol. The molecule has 0 saturated carbocycles. The third-order valence-corrected chi connectivity index (χ3v) is 3.53. The highest BCUT2D eigenvalue weighted by atomic mass is 15.0. The van der Waals surface area contributed by atoms with Crippen molar-refractivity contribution in [2.24, 2.45) is 5.92 Å². The van der Waals surface area contributed by atoms with Crippen LogP contribution in [0.4, 0.5) is 0 Å². The zero-order valence-corrected chi connectivity index (χ0v) is 9.11. The minimum absolute atomic E-state index is 0.643. The van der Waals surface area contributed by atoms with Crippen LogP contribution in [-0.2, 0) is 0 Å². The van der Waals surface area contributed by atoms with Crippen molar-refractivity contribution in [1.29, 1.82) is 0 Å². The highest BCUT2D eigenvalue weighted by molar-refractivity contribution is 5.69. The molecule has 2 atom stereocenters. The Morgan fingerprint density at radius 2 is 2.38 bits per heavy atom. The molecule has 0 aromatic carbocycles. The Balaban J connectivity index is 1.91. The third-order valence-electron chi connectivity index (χ3n) is 3.53. The van der Waals surface area contributed by atoms with Crippen molar-refractivity contribution in [3.05, 3.63) is 35.7 Å². The normalized spacial score (nSPS) is 27.3. The summed E-state index contributed by atoms with van der Waals surface area (Å²) in [5.41, 5.74) is 3.45. The van der Waals surface area contributed by atoms with Crippen LogP contribution in [0.15, 0.2) is 24.5 Å². The van der Waals surface area contributed by atoms with E-state index >= 15 is 0 Å². The summed E-state index contributed by atoms with van der Waals surface area (Å²) >= 11 is 0. The maximum atomic E-state index is 5.39. The molecule has 16 heavy (non-hydrogen) atoms. The molecule has 1 aromatic heterocycles. The number of terminal acetylenes is 1. The van der Waals surface area contributed by atoms with Gasteiger partial charge in [0, 0.05) is 24.0 Å². The van der Waals surface area contributed by atoms with E-state index in [-0.39, 0.29) is 0 Å². The van der Waals surface area contributed by atoms with E-state index in [1.165, 1.54) is 17.6 Å². The molecule has 2 heterocycles. The monoisotopic (exact) mass is 210 g/mol. The van der Waals surface area contributed by atoms with Gasteiger partial charge in [0.1, 0.15) is 0 Å². The van der Waals surface area contributed by atoms with Crippen molar-refractivity contribution in [2.75, 3.05) is 6.54 Å². The molecule has 1 N–H and O–H groups in total. The second-order valence-electron chi connectivity index (χ2n) is 4.52. The van der Waals surface area contributed by atoms with Crippen molar-refractivity contribution < 1.29 is 0 Å². The molecule has 1 aromatic rings. The van der Waals surface area contributed by atoms with Gasteiger partial charge in [0.05, 0.1) is 0 Å². The molecule has 0 amide bonds. The molecule has 0 spiro atoms. The summed E-state index contributed by atoms with van der Waals surface area (Å²) in [6.45, 7) is 1.15. The zero-order valence-electron chi connectivity index (χ0n) is 9.11. The van der Waals surface area contributed by atoms with Gasteiger partial charge in [0.2, 0.25) is 0 Å². The molecule has 0 radical (unpaired) electrons. The number of hydrogen-bond donors (Lipinski definition) is 1. The third kappa shape index (κ3) is 1.54. The lowest BCUT2D eigenvalue weighted by Gasteiger charge is -2.08. The molecular formula is C14H14N2. The van der Waals surface area contributed by atoms with Gasteiger partial charge in [-0.1, -0.05) is 12.0 Å². The van der Waals surface area contributed by atoms with Crippen LogP contribution in [0.3, 0.4) is 0 Å². The molecule has 0 bridgehead atoms. The lowest BCUT2D eigenvalue weighted by Crippen LogP contribution is -2.22. The van der Waals surface area contributed by atoms with E-state index in [0.717, 1.165) is 18.5 Å². The molecule has 1 saturated heterocycles. The second kappa shape index (κ2) is 3.77. The second-order valence-corrected chi connectivity index (χ2v) is 4.52. The molecule has 80 valence electrons. The number of aromatic nitrogens is 1. The van der Waals surface area contributed by atoms with E-state index in [4.69, 9.17) is 6.42 Å². The van der Waals surface area contributed by atoms with Crippen molar-refractivity contribution in [2.45, 2.75) is 18.9 Å². The van der Waals surface area contributed by atoms with E-state index in [1.54, 1.807) is 6.20 Å². The van der Waals surface area contributed by atoms with Crippen LogP contribution in [0.1, 0.15) is 24.0 Å². The highest BCUT2D eigenvalue weighted by Gasteiger charge is 2.31. The van der Waals surface area contributed by atoms with Crippen molar-refractivity contribution in [3.8, 4) is 12.3 Å². The molecular weight excluding hydrogens is 196 g/mol. The van der Waals surface area contributed by atoms with Crippen molar-refractivity contribution >= 4 is 5.57 Å². The fourth-order valence-corrected chi connectivity index (χ4v) is 2.68. The first-order valence-corrected chi connectivity index (χ1v) is 5.73. The fraction of sp³-hybridized carbons (Fsp3) is 0.357. The van der Waals surface area contributed by atoms with Crippen LogP contribution in [-0.4, -0.2) is 17.6 Å². The minimum Gasteiger partial charge on any atom is -0.313 e. The van der Waals surface area contributed by atoms with Gasteiger partial charge >= 0.3 is 0 Å². The van der Waals surface area contributed by atoms with Crippen molar-refractivity contribution in [1.82, 2.24) is 10.3 Å². The van der Waals surface area contributed by atoms with E-state index in [2.05, 4.69) is 28.4 Å². The van der Waals surface area contributed by atoms with E-state index in [9.17, 15) is 0 Å². The predicted molar refractivity (Wildman–Crippen MR) is 64.7 cm³/mol. The van der Waals surface area contributed by atoms with Gasteiger partial charge in [-0.25, -0.2) is 0 Å². The van der Waals surface area contributed by atoms with Crippen LogP contribution in [0.5, 0.6) is 0 Å². The predicted octanol–water partition coefficient (Wildman–Crippen LogP) is 1.83. The summed E-state index contributed by atoms with van der Waals surface area (Å²) in [4.78, 5) is 4.19. The Morgan fingerprint density at radius 1 is 1.44 bits per heavy atom. The van der Waals surface area contributed by atoms with E-state index in [1.807, 2.05) is 6.20 Å². The van der Waals surface area contributed by atoms with Gasteiger partial charge < -0.3 is 5.32 Å². The van der Waals surface area contributed by atoms with Gasteiger partial charge in [0.15, 0.2) is 0 Å². The lowest BCUT2D eigenvalue weighted by atomic mass is 10.0. The maximum Gasteiger partial charge on any atom is 0.0432 e. The zero-order chi connectivity index (χ0) is 11.0. The van der Waals surface area contributed by atoms with E-state index in [0.29, 0.717) is 12.0 Å². The van der Waals surface area contributed by atoms with Gasteiger partial charge in [-0.05, 0) is 42.5 Å². The SMILES string of the molecule is C#Cc1cncc(C2=CC3CCNC3C2)c1. The van der Waals surface area contributed by atoms with E-state index < -0.39 is 0 Å². The Labute approximate surface area is 95.8 Å². The summed E-state index contributed by atoms with van der Waals surface area (Å²) in [6, 6.07) is 2.70. The molecule has 1 aliphatic carbocycles. The first-order chi connectivity index (χ1) is 7.86. The molecule has 2 aliphatic rings. The van der Waals surface area contributed by atoms with Gasteiger partial charge in [0.25, 0.3) is 0 Å². The summed E-state index contributed by atoms with van der Waals surface area (Å²) in [5, 5.41) is 3.53. The first kappa shape index (κ1) is 9.62. The topological polar surface area (TPSA) is 24.9 Å². The van der Waals surface area contributed by atoms with Crippen LogP contribution >= 0.6 is 0 Å². The number of pyridine rings is 1. The van der Waals surface area contributed by atoms with Crippen LogP contribution < -0.4 is 5.32 Å². The van der Waals surface area contributed by atoms with Crippen LogP contribution in [0.2, 0.25) is 0 Å². The molecule has 1 aliphatic heterocycles. The van der Waals surface area contributed by atoms with Gasteiger partial charge in [-0.15, -0.1) is 6.42 Å². The standard InChI is InChI=1S/C14H14N2/c1-2-10-5-13(9-15-8-10)12-6-11-3-4-16-14(11)7-12/h1,5-6,8-9,11,14,16H,3-4,7H2. The Bertz CT molecular complexity index is 482. The largest absolute Gasteiger partial charge is 0.313 e. The minimum atomic E-state index is 0.643. The van der Waals surface area contributed by atoms with Gasteiger partial charge in [-0.3, -0.25) is 4.98 Å². The maximum absolute atomic E-state index is 5.39.